The van der Waals surface area contributed by atoms with Crippen molar-refractivity contribution in [3.63, 3.8) is 0 Å². The number of nitrogens with zero attached hydrogens (tertiary/aromatic N) is 3. The van der Waals surface area contributed by atoms with E-state index in [0.717, 1.165) is 54.0 Å². The number of halogens is 1. The van der Waals surface area contributed by atoms with E-state index in [-0.39, 0.29) is 41.4 Å². The van der Waals surface area contributed by atoms with Crippen LogP contribution in [0, 0.1) is 23.7 Å². The monoisotopic (exact) mass is 729 g/mol. The van der Waals surface area contributed by atoms with Gasteiger partial charge in [-0.2, -0.15) is 10.1 Å². The molecule has 2 aliphatic heterocycles. The first-order chi connectivity index (χ1) is 24.9. The van der Waals surface area contributed by atoms with Gasteiger partial charge in [0.25, 0.3) is 11.8 Å². The number of carbonyl (C=O) groups excluding carboxylic acids is 4. The van der Waals surface area contributed by atoms with Gasteiger partial charge in [-0.1, -0.05) is 113 Å². The molecule has 0 unspecified atom stereocenters. The fraction of sp³-hybridized carbons (Fsp3) is 0.186. The Balaban J connectivity index is 1.09. The number of rotatable bonds is 3. The quantitative estimate of drug-likeness (QED) is 0.150. The Hall–Kier alpha value is -5.47. The van der Waals surface area contributed by atoms with Crippen molar-refractivity contribution < 1.29 is 19.2 Å². The molecule has 4 bridgehead atoms. The highest BCUT2D eigenvalue weighted by atomic mass is 79.9. The van der Waals surface area contributed by atoms with Gasteiger partial charge in [0.1, 0.15) is 0 Å². The number of hydrogen-bond donors (Lipinski definition) is 0. The minimum atomic E-state index is -1.21. The van der Waals surface area contributed by atoms with Gasteiger partial charge < -0.3 is 0 Å². The van der Waals surface area contributed by atoms with Crippen molar-refractivity contribution in [1.29, 1.82) is 0 Å². The third kappa shape index (κ3) is 3.46. The van der Waals surface area contributed by atoms with Crippen LogP contribution in [-0.2, 0) is 24.6 Å². The first-order valence-corrected chi connectivity index (χ1v) is 18.1. The van der Waals surface area contributed by atoms with Gasteiger partial charge in [-0.3, -0.25) is 19.2 Å². The SMILES string of the molecule is O=C1[C@@H]2C3c4ccccc4C(c4ccccc43)[C@@H]2C(=O)N1/N=C\C12c3ccccc3C(c3ccccc31)[C@@H]1C(=O)N(c3ccc(Br)cc3)C(=O)[C@@H]12. The first kappa shape index (κ1) is 29.3. The average Bonchev–Trinajstić information content (AvgIpc) is 3.59. The Morgan fingerprint density at radius 3 is 1.43 bits per heavy atom. The summed E-state index contributed by atoms with van der Waals surface area (Å²) in [5.74, 6) is -4.77. The van der Waals surface area contributed by atoms with Crippen LogP contribution in [0.5, 0.6) is 0 Å². The van der Waals surface area contributed by atoms with Crippen LogP contribution in [-0.4, -0.2) is 34.9 Å². The number of hydrazone groups is 1. The maximum atomic E-state index is 14.8. The summed E-state index contributed by atoms with van der Waals surface area (Å²) in [7, 11) is 0. The largest absolute Gasteiger partial charge is 0.274 e. The van der Waals surface area contributed by atoms with Crippen LogP contribution in [0.1, 0.15) is 62.3 Å². The highest BCUT2D eigenvalue weighted by molar-refractivity contribution is 9.10. The molecule has 2 fully saturated rings. The van der Waals surface area contributed by atoms with Crippen LogP contribution in [0.2, 0.25) is 0 Å². The van der Waals surface area contributed by atoms with Crippen LogP contribution in [0.15, 0.2) is 131 Å². The van der Waals surface area contributed by atoms with E-state index in [9.17, 15) is 19.2 Å². The molecule has 4 atom stereocenters. The molecular weight excluding hydrogens is 702 g/mol. The standard InChI is InChI=1S/C43H28BrN3O4/c44-22-17-19-23(20-18-22)46-39(48)37-34-28-13-5-7-15-30(28)43(38(37)42(46)51,31-16-8-6-14-29(31)34)21-45-47-40(49)35-32-24-9-1-2-10-25(24)33(36(35)41(47)50)27-12-4-3-11-26(27)32/h1-21,32-38H/b45-21-/t32?,33?,34?,35-,36+,37-,38+,43?/m0/s1. The summed E-state index contributed by atoms with van der Waals surface area (Å²) in [6, 6.07) is 39.3. The summed E-state index contributed by atoms with van der Waals surface area (Å²) in [6.45, 7) is 0. The van der Waals surface area contributed by atoms with E-state index in [4.69, 9.17) is 5.10 Å². The number of carbonyl (C=O) groups is 4. The maximum Gasteiger partial charge on any atom is 0.254 e. The van der Waals surface area contributed by atoms with Crippen LogP contribution in [0.3, 0.4) is 0 Å². The minimum Gasteiger partial charge on any atom is -0.274 e. The van der Waals surface area contributed by atoms with Gasteiger partial charge in [0.15, 0.2) is 0 Å². The Bertz CT molecular complexity index is 2290. The summed E-state index contributed by atoms with van der Waals surface area (Å²) < 4.78 is 0.839. The van der Waals surface area contributed by atoms with Crippen molar-refractivity contribution in [3.8, 4) is 0 Å². The second-order valence-electron chi connectivity index (χ2n) is 14.5. The molecule has 5 aromatic carbocycles. The predicted octanol–water partition coefficient (Wildman–Crippen LogP) is 6.88. The lowest BCUT2D eigenvalue weighted by molar-refractivity contribution is -0.140. The van der Waals surface area contributed by atoms with Crippen LogP contribution in [0.25, 0.3) is 0 Å². The third-order valence-electron chi connectivity index (χ3n) is 12.6. The third-order valence-corrected chi connectivity index (χ3v) is 13.1. The number of anilines is 1. The van der Waals surface area contributed by atoms with Crippen LogP contribution in [0.4, 0.5) is 5.69 Å². The molecule has 51 heavy (non-hydrogen) atoms. The van der Waals surface area contributed by atoms with Gasteiger partial charge in [0.05, 0.1) is 34.8 Å². The van der Waals surface area contributed by atoms with E-state index in [1.54, 1.807) is 18.3 Å². The summed E-state index contributed by atoms with van der Waals surface area (Å²) in [4.78, 5) is 59.9. The van der Waals surface area contributed by atoms with Crippen molar-refractivity contribution in [2.45, 2.75) is 23.2 Å². The molecule has 8 heteroatoms. The second-order valence-corrected chi connectivity index (χ2v) is 15.4. The van der Waals surface area contributed by atoms with E-state index in [2.05, 4.69) is 40.2 Å². The molecule has 246 valence electrons. The van der Waals surface area contributed by atoms with E-state index in [1.807, 2.05) is 84.9 Å². The smallest absolute Gasteiger partial charge is 0.254 e. The van der Waals surface area contributed by atoms with Crippen LogP contribution < -0.4 is 4.90 Å². The topological polar surface area (TPSA) is 87.1 Å². The van der Waals surface area contributed by atoms with E-state index in [1.165, 1.54) is 4.90 Å². The number of hydrogen-bond acceptors (Lipinski definition) is 5. The van der Waals surface area contributed by atoms with Crippen LogP contribution >= 0.6 is 15.9 Å². The lowest BCUT2D eigenvalue weighted by Crippen LogP contribution is -2.55. The highest BCUT2D eigenvalue weighted by Gasteiger charge is 2.68. The van der Waals surface area contributed by atoms with Crippen molar-refractivity contribution in [1.82, 2.24) is 5.01 Å². The summed E-state index contributed by atoms with van der Waals surface area (Å²) in [6.07, 6.45) is 1.66. The molecule has 5 aromatic rings. The fourth-order valence-electron chi connectivity index (χ4n) is 10.8. The number of amides is 4. The molecule has 0 spiro atoms. The zero-order chi connectivity index (χ0) is 34.3. The first-order valence-electron chi connectivity index (χ1n) is 17.3. The Morgan fingerprint density at radius 2 is 0.941 bits per heavy atom. The van der Waals surface area contributed by atoms with Gasteiger partial charge in [-0.25, -0.2) is 4.90 Å². The van der Waals surface area contributed by atoms with Gasteiger partial charge in [0.2, 0.25) is 11.8 Å². The molecule has 6 aliphatic carbocycles. The molecule has 0 saturated carbocycles. The molecule has 0 radical (unpaired) electrons. The molecule has 4 amide bonds. The second kappa shape index (κ2) is 10.1. The Labute approximate surface area is 301 Å². The lowest BCUT2D eigenvalue weighted by Gasteiger charge is -2.52. The molecule has 8 aliphatic rings. The molecule has 0 aromatic heterocycles. The molecule has 2 saturated heterocycles. The minimum absolute atomic E-state index is 0.258. The van der Waals surface area contributed by atoms with E-state index >= 15 is 0 Å². The number of benzene rings is 5. The van der Waals surface area contributed by atoms with Crippen molar-refractivity contribution in [2.24, 2.45) is 28.8 Å². The molecule has 0 N–H and O–H groups in total. The summed E-state index contributed by atoms with van der Waals surface area (Å²) >= 11 is 3.47. The highest BCUT2D eigenvalue weighted by Crippen LogP contribution is 2.65. The van der Waals surface area contributed by atoms with Crippen molar-refractivity contribution in [2.75, 3.05) is 4.90 Å². The number of imide groups is 2. The Morgan fingerprint density at radius 1 is 0.510 bits per heavy atom. The molecular formula is C43H28BrN3O4. The normalized spacial score (nSPS) is 30.3. The molecule has 7 nitrogen and oxygen atoms in total. The predicted molar refractivity (Wildman–Crippen MR) is 193 cm³/mol. The fourth-order valence-corrected chi connectivity index (χ4v) is 11.1. The zero-order valence-corrected chi connectivity index (χ0v) is 28.6. The van der Waals surface area contributed by atoms with E-state index in [0.29, 0.717) is 5.69 Å². The summed E-state index contributed by atoms with van der Waals surface area (Å²) in [5, 5.41) is 5.95. The zero-order valence-electron chi connectivity index (χ0n) is 27.0. The molecule has 2 heterocycles. The molecule has 13 rings (SSSR count). The lowest BCUT2D eigenvalue weighted by atomic mass is 9.47. The van der Waals surface area contributed by atoms with Gasteiger partial charge in [-0.05, 0) is 68.8 Å². The van der Waals surface area contributed by atoms with Gasteiger partial charge in [0, 0.05) is 28.4 Å². The van der Waals surface area contributed by atoms with Crippen molar-refractivity contribution >= 4 is 51.5 Å². The van der Waals surface area contributed by atoms with E-state index < -0.39 is 29.1 Å². The van der Waals surface area contributed by atoms with Gasteiger partial charge >= 0.3 is 0 Å². The Kier molecular flexibility index (Phi) is 5.78. The van der Waals surface area contributed by atoms with Crippen molar-refractivity contribution in [3.05, 3.63) is 170 Å². The summed E-state index contributed by atoms with van der Waals surface area (Å²) in [5.41, 5.74) is 7.31. The average molecular weight is 731 g/mol. The van der Waals surface area contributed by atoms with Gasteiger partial charge in [-0.15, -0.1) is 0 Å². The maximum absolute atomic E-state index is 14.8.